The van der Waals surface area contributed by atoms with Crippen molar-refractivity contribution in [2.24, 2.45) is 5.10 Å². The third-order valence-electron chi connectivity index (χ3n) is 4.14. The number of aryl methyl sites for hydroxylation is 3. The lowest BCUT2D eigenvalue weighted by Crippen LogP contribution is -2.39. The van der Waals surface area contributed by atoms with Gasteiger partial charge < -0.3 is 10.1 Å². The Morgan fingerprint density at radius 3 is 2.58 bits per heavy atom. The minimum atomic E-state index is 0.565. The van der Waals surface area contributed by atoms with Gasteiger partial charge in [-0.05, 0) is 57.1 Å². The fourth-order valence-corrected chi connectivity index (χ4v) is 3.07. The maximum Gasteiger partial charge on any atom is 0.186 e. The van der Waals surface area contributed by atoms with Gasteiger partial charge in [0, 0.05) is 25.2 Å². The van der Waals surface area contributed by atoms with Gasteiger partial charge in [0.1, 0.15) is 0 Å². The molecule has 1 aliphatic heterocycles. The van der Waals surface area contributed by atoms with Gasteiger partial charge in [0.15, 0.2) is 5.11 Å². The van der Waals surface area contributed by atoms with Gasteiger partial charge in [-0.3, -0.25) is 10.3 Å². The van der Waals surface area contributed by atoms with Crippen molar-refractivity contribution >= 4 is 23.5 Å². The third kappa shape index (κ3) is 6.19. The quantitative estimate of drug-likeness (QED) is 0.357. The molecule has 6 heteroatoms. The van der Waals surface area contributed by atoms with Crippen molar-refractivity contribution in [1.82, 2.24) is 15.6 Å². The highest BCUT2D eigenvalue weighted by atomic mass is 32.1. The molecule has 2 rings (SSSR count). The highest BCUT2D eigenvalue weighted by Gasteiger charge is 2.09. The van der Waals surface area contributed by atoms with Crippen molar-refractivity contribution in [3.63, 3.8) is 0 Å². The van der Waals surface area contributed by atoms with Crippen molar-refractivity contribution in [3.05, 3.63) is 34.4 Å². The smallest absolute Gasteiger partial charge is 0.186 e. The molecule has 0 saturated carbocycles. The molecule has 1 aromatic carbocycles. The molecule has 0 atom stereocenters. The Kier molecular flexibility index (Phi) is 7.62. The van der Waals surface area contributed by atoms with Crippen LogP contribution in [0.4, 0.5) is 0 Å². The van der Waals surface area contributed by atoms with E-state index in [0.717, 1.165) is 51.4 Å². The first-order valence-electron chi connectivity index (χ1n) is 8.51. The third-order valence-corrected chi connectivity index (χ3v) is 4.37. The molecular weight excluding hydrogens is 320 g/mol. The van der Waals surface area contributed by atoms with Crippen LogP contribution in [-0.2, 0) is 4.74 Å². The number of benzene rings is 1. The number of hydrazone groups is 1. The molecule has 0 spiro atoms. The Labute approximate surface area is 150 Å². The van der Waals surface area contributed by atoms with E-state index < -0.39 is 0 Å². The number of rotatable bonds is 6. The number of thiocarbonyl (C=S) groups is 1. The number of hydrogen-bond acceptors (Lipinski definition) is 4. The lowest BCUT2D eigenvalue weighted by atomic mass is 10.0. The Morgan fingerprint density at radius 2 is 1.92 bits per heavy atom. The average molecular weight is 349 g/mol. The molecule has 0 bridgehead atoms. The second-order valence-corrected chi connectivity index (χ2v) is 6.65. The van der Waals surface area contributed by atoms with E-state index in [4.69, 9.17) is 17.0 Å². The van der Waals surface area contributed by atoms with Gasteiger partial charge in [-0.25, -0.2) is 0 Å². The van der Waals surface area contributed by atoms with Gasteiger partial charge in [0.2, 0.25) is 0 Å². The molecule has 132 valence electrons. The van der Waals surface area contributed by atoms with E-state index in [-0.39, 0.29) is 0 Å². The number of morpholine rings is 1. The number of nitrogens with zero attached hydrogens (tertiary/aromatic N) is 2. The molecular formula is C18H28N4OS. The van der Waals surface area contributed by atoms with Gasteiger partial charge in [0.05, 0.1) is 19.4 Å². The van der Waals surface area contributed by atoms with Crippen molar-refractivity contribution in [2.75, 3.05) is 39.4 Å². The van der Waals surface area contributed by atoms with Gasteiger partial charge in [-0.15, -0.1) is 0 Å². The molecule has 0 radical (unpaired) electrons. The summed E-state index contributed by atoms with van der Waals surface area (Å²) in [4.78, 5) is 2.42. The molecule has 0 amide bonds. The van der Waals surface area contributed by atoms with Crippen LogP contribution in [0.2, 0.25) is 0 Å². The normalized spacial score (nSPS) is 15.6. The zero-order valence-corrected chi connectivity index (χ0v) is 15.7. The number of ether oxygens (including phenoxy) is 1. The van der Waals surface area contributed by atoms with Gasteiger partial charge in [0.25, 0.3) is 0 Å². The maximum atomic E-state index is 5.34. The second-order valence-electron chi connectivity index (χ2n) is 6.25. The summed E-state index contributed by atoms with van der Waals surface area (Å²) >= 11 is 5.26. The SMILES string of the molecule is Cc1cc(C)c(/C=N/NC(=S)NCCCN2CCOCC2)c(C)c1. The lowest BCUT2D eigenvalue weighted by Gasteiger charge is -2.26. The van der Waals surface area contributed by atoms with Crippen molar-refractivity contribution < 1.29 is 4.74 Å². The Bertz CT molecular complexity index is 559. The van der Waals surface area contributed by atoms with E-state index in [2.05, 4.69) is 53.6 Å². The van der Waals surface area contributed by atoms with Gasteiger partial charge in [-0.2, -0.15) is 5.10 Å². The molecule has 1 saturated heterocycles. The first-order valence-corrected chi connectivity index (χ1v) is 8.92. The summed E-state index contributed by atoms with van der Waals surface area (Å²) in [5.41, 5.74) is 7.76. The minimum Gasteiger partial charge on any atom is -0.379 e. The van der Waals surface area contributed by atoms with Crippen LogP contribution in [0, 0.1) is 20.8 Å². The Balaban J connectivity index is 1.67. The van der Waals surface area contributed by atoms with E-state index in [0.29, 0.717) is 5.11 Å². The van der Waals surface area contributed by atoms with Crippen LogP contribution >= 0.6 is 12.2 Å². The summed E-state index contributed by atoms with van der Waals surface area (Å²) in [7, 11) is 0. The molecule has 0 aromatic heterocycles. The van der Waals surface area contributed by atoms with Crippen molar-refractivity contribution in [1.29, 1.82) is 0 Å². The predicted molar refractivity (Wildman–Crippen MR) is 104 cm³/mol. The number of hydrogen-bond donors (Lipinski definition) is 2. The van der Waals surface area contributed by atoms with Crippen molar-refractivity contribution in [2.45, 2.75) is 27.2 Å². The van der Waals surface area contributed by atoms with E-state index >= 15 is 0 Å². The zero-order valence-electron chi connectivity index (χ0n) is 14.9. The van der Waals surface area contributed by atoms with Gasteiger partial charge in [-0.1, -0.05) is 17.7 Å². The zero-order chi connectivity index (χ0) is 17.4. The molecule has 1 fully saturated rings. The fourth-order valence-electron chi connectivity index (χ4n) is 2.92. The van der Waals surface area contributed by atoms with Crippen LogP contribution in [0.5, 0.6) is 0 Å². The van der Waals surface area contributed by atoms with Crippen LogP contribution in [0.1, 0.15) is 28.7 Å². The summed E-state index contributed by atoms with van der Waals surface area (Å²) in [5.74, 6) is 0. The molecule has 1 heterocycles. The van der Waals surface area contributed by atoms with Crippen LogP contribution in [0.25, 0.3) is 0 Å². The minimum absolute atomic E-state index is 0.565. The van der Waals surface area contributed by atoms with E-state index in [1.54, 1.807) is 0 Å². The average Bonchev–Trinajstić information content (AvgIpc) is 2.55. The number of nitrogens with one attached hydrogen (secondary N) is 2. The highest BCUT2D eigenvalue weighted by molar-refractivity contribution is 7.80. The molecule has 2 N–H and O–H groups in total. The molecule has 5 nitrogen and oxygen atoms in total. The van der Waals surface area contributed by atoms with Crippen molar-refractivity contribution in [3.8, 4) is 0 Å². The van der Waals surface area contributed by atoms with E-state index in [9.17, 15) is 0 Å². The monoisotopic (exact) mass is 348 g/mol. The van der Waals surface area contributed by atoms with Gasteiger partial charge >= 0.3 is 0 Å². The summed E-state index contributed by atoms with van der Waals surface area (Å²) in [5, 5.41) is 8.02. The maximum absolute atomic E-state index is 5.34. The molecule has 0 aliphatic carbocycles. The lowest BCUT2D eigenvalue weighted by molar-refractivity contribution is 0.0376. The summed E-state index contributed by atoms with van der Waals surface area (Å²) < 4.78 is 5.34. The largest absolute Gasteiger partial charge is 0.379 e. The first-order chi connectivity index (χ1) is 11.6. The Morgan fingerprint density at radius 1 is 1.25 bits per heavy atom. The van der Waals surface area contributed by atoms with E-state index in [1.807, 2.05) is 6.21 Å². The second kappa shape index (κ2) is 9.71. The molecule has 1 aromatic rings. The predicted octanol–water partition coefficient (Wildman–Crippen LogP) is 2.13. The highest BCUT2D eigenvalue weighted by Crippen LogP contribution is 2.13. The molecule has 24 heavy (non-hydrogen) atoms. The van der Waals surface area contributed by atoms with E-state index in [1.165, 1.54) is 16.7 Å². The first kappa shape index (κ1) is 18.8. The van der Waals surface area contributed by atoms with Crippen LogP contribution < -0.4 is 10.7 Å². The molecule has 0 unspecified atom stereocenters. The van der Waals surface area contributed by atoms with Crippen LogP contribution in [0.15, 0.2) is 17.2 Å². The summed E-state index contributed by atoms with van der Waals surface area (Å²) in [6.07, 6.45) is 2.90. The topological polar surface area (TPSA) is 48.9 Å². The van der Waals surface area contributed by atoms with Crippen LogP contribution in [-0.4, -0.2) is 55.6 Å². The molecule has 1 aliphatic rings. The fraction of sp³-hybridized carbons (Fsp3) is 0.556. The Hall–Kier alpha value is -1.50. The summed E-state index contributed by atoms with van der Waals surface area (Å²) in [6, 6.07) is 4.33. The standard InChI is InChI=1S/C18H28N4OS/c1-14-11-15(2)17(16(3)12-14)13-20-21-18(24)19-5-4-6-22-7-9-23-10-8-22/h11-13H,4-10H2,1-3H3,(H2,19,21,24)/b20-13+. The van der Waals surface area contributed by atoms with Crippen LogP contribution in [0.3, 0.4) is 0 Å². The summed E-state index contributed by atoms with van der Waals surface area (Å²) in [6.45, 7) is 12.0.